The molecule has 2 nitrogen and oxygen atoms in total. The van der Waals surface area contributed by atoms with Crippen LogP contribution in [0.1, 0.15) is 5.56 Å². The first-order valence-electron chi connectivity index (χ1n) is 3.92. The van der Waals surface area contributed by atoms with Crippen LogP contribution < -0.4 is 4.74 Å². The van der Waals surface area contributed by atoms with Crippen LogP contribution in [0.25, 0.3) is 10.8 Å². The van der Waals surface area contributed by atoms with Crippen LogP contribution >= 0.6 is 0 Å². The minimum atomic E-state index is 0.916. The van der Waals surface area contributed by atoms with Gasteiger partial charge in [0, 0.05) is 23.2 Å². The second-order valence-corrected chi connectivity index (χ2v) is 2.90. The van der Waals surface area contributed by atoms with Gasteiger partial charge in [-0.3, -0.25) is 0 Å². The molecule has 0 saturated heterocycles. The SMILES string of the molecule is COc1cc(C)c2c[nH]cc2c1. The van der Waals surface area contributed by atoms with E-state index in [2.05, 4.69) is 11.9 Å². The minimum absolute atomic E-state index is 0.916. The zero-order valence-corrected chi connectivity index (χ0v) is 7.22. The lowest BCUT2D eigenvalue weighted by atomic mass is 10.1. The molecule has 0 amide bonds. The van der Waals surface area contributed by atoms with Crippen LogP contribution in [0.4, 0.5) is 0 Å². The number of H-pyrrole nitrogens is 1. The molecule has 12 heavy (non-hydrogen) atoms. The summed E-state index contributed by atoms with van der Waals surface area (Å²) in [7, 11) is 1.69. The van der Waals surface area contributed by atoms with E-state index in [0.717, 1.165) is 5.75 Å². The molecule has 1 aromatic heterocycles. The van der Waals surface area contributed by atoms with Gasteiger partial charge in [-0.25, -0.2) is 0 Å². The van der Waals surface area contributed by atoms with Gasteiger partial charge in [-0.2, -0.15) is 0 Å². The van der Waals surface area contributed by atoms with Gasteiger partial charge in [-0.1, -0.05) is 0 Å². The van der Waals surface area contributed by atoms with E-state index in [1.54, 1.807) is 7.11 Å². The molecule has 1 heterocycles. The van der Waals surface area contributed by atoms with Crippen molar-refractivity contribution in [3.05, 3.63) is 30.1 Å². The molecule has 1 N–H and O–H groups in total. The summed E-state index contributed by atoms with van der Waals surface area (Å²) in [5, 5.41) is 2.46. The van der Waals surface area contributed by atoms with Crippen molar-refractivity contribution in [2.45, 2.75) is 6.92 Å². The standard InChI is InChI=1S/C10H11NO/c1-7-3-9(12-2)4-8-5-11-6-10(7)8/h3-6,11H,1-2H3. The van der Waals surface area contributed by atoms with Crippen molar-refractivity contribution in [2.75, 3.05) is 7.11 Å². The number of aromatic amines is 1. The summed E-state index contributed by atoms with van der Waals surface area (Å²) >= 11 is 0. The third-order valence-electron chi connectivity index (χ3n) is 2.09. The molecule has 0 saturated carbocycles. The summed E-state index contributed by atoms with van der Waals surface area (Å²) < 4.78 is 5.16. The Bertz CT molecular complexity index is 403. The zero-order valence-electron chi connectivity index (χ0n) is 7.22. The molecule has 62 valence electrons. The van der Waals surface area contributed by atoms with Crippen molar-refractivity contribution in [2.24, 2.45) is 0 Å². The summed E-state index contributed by atoms with van der Waals surface area (Å²) in [4.78, 5) is 3.07. The fourth-order valence-electron chi connectivity index (χ4n) is 1.44. The third kappa shape index (κ3) is 0.961. The highest BCUT2D eigenvalue weighted by Gasteiger charge is 2.00. The van der Waals surface area contributed by atoms with Crippen LogP contribution in [0.2, 0.25) is 0 Å². The maximum absolute atomic E-state index is 5.16. The molecule has 1 aromatic carbocycles. The molecule has 0 bridgehead atoms. The number of fused-ring (bicyclic) bond motifs is 1. The van der Waals surface area contributed by atoms with Crippen molar-refractivity contribution >= 4 is 10.8 Å². The normalized spacial score (nSPS) is 10.5. The summed E-state index contributed by atoms with van der Waals surface area (Å²) in [5.41, 5.74) is 1.24. The van der Waals surface area contributed by atoms with E-state index in [1.165, 1.54) is 16.3 Å². The van der Waals surface area contributed by atoms with Gasteiger partial charge in [0.2, 0.25) is 0 Å². The highest BCUT2D eigenvalue weighted by Crippen LogP contribution is 2.23. The van der Waals surface area contributed by atoms with Crippen molar-refractivity contribution in [1.82, 2.24) is 4.98 Å². The van der Waals surface area contributed by atoms with E-state index in [4.69, 9.17) is 4.74 Å². The molecule has 0 fully saturated rings. The summed E-state index contributed by atoms with van der Waals surface area (Å²) in [5.74, 6) is 0.916. The van der Waals surface area contributed by atoms with Gasteiger partial charge in [-0.15, -0.1) is 0 Å². The summed E-state index contributed by atoms with van der Waals surface area (Å²) in [6.07, 6.45) is 3.98. The van der Waals surface area contributed by atoms with Gasteiger partial charge in [0.05, 0.1) is 7.11 Å². The number of hydrogen-bond donors (Lipinski definition) is 1. The van der Waals surface area contributed by atoms with Crippen LogP contribution in [0.15, 0.2) is 24.5 Å². The second-order valence-electron chi connectivity index (χ2n) is 2.90. The van der Waals surface area contributed by atoms with Crippen molar-refractivity contribution in [3.8, 4) is 5.75 Å². The number of aromatic nitrogens is 1. The molecule has 2 rings (SSSR count). The van der Waals surface area contributed by atoms with Gasteiger partial charge in [-0.05, 0) is 24.6 Å². The molecule has 0 aliphatic carbocycles. The zero-order chi connectivity index (χ0) is 8.55. The fraction of sp³-hybridized carbons (Fsp3) is 0.200. The maximum atomic E-state index is 5.16. The lowest BCUT2D eigenvalue weighted by Crippen LogP contribution is -1.83. The second kappa shape index (κ2) is 2.55. The number of hydrogen-bond acceptors (Lipinski definition) is 1. The largest absolute Gasteiger partial charge is 0.497 e. The smallest absolute Gasteiger partial charge is 0.119 e. The molecular formula is C10H11NO. The Kier molecular flexibility index (Phi) is 1.54. The number of nitrogens with one attached hydrogen (secondary N) is 1. The Labute approximate surface area is 71.2 Å². The fourth-order valence-corrected chi connectivity index (χ4v) is 1.44. The van der Waals surface area contributed by atoms with E-state index in [9.17, 15) is 0 Å². The molecule has 0 spiro atoms. The molecule has 2 heteroatoms. The maximum Gasteiger partial charge on any atom is 0.119 e. The van der Waals surface area contributed by atoms with Gasteiger partial charge in [0.15, 0.2) is 0 Å². The average Bonchev–Trinajstić information content (AvgIpc) is 2.52. The Morgan fingerprint density at radius 1 is 1.25 bits per heavy atom. The Hall–Kier alpha value is -1.44. The van der Waals surface area contributed by atoms with E-state index >= 15 is 0 Å². The van der Waals surface area contributed by atoms with Crippen molar-refractivity contribution in [3.63, 3.8) is 0 Å². The number of benzene rings is 1. The van der Waals surface area contributed by atoms with Gasteiger partial charge < -0.3 is 9.72 Å². The Morgan fingerprint density at radius 3 is 2.83 bits per heavy atom. The quantitative estimate of drug-likeness (QED) is 0.682. The monoisotopic (exact) mass is 161 g/mol. The summed E-state index contributed by atoms with van der Waals surface area (Å²) in [6.45, 7) is 2.08. The highest BCUT2D eigenvalue weighted by atomic mass is 16.5. The topological polar surface area (TPSA) is 25.0 Å². The van der Waals surface area contributed by atoms with Crippen molar-refractivity contribution < 1.29 is 4.74 Å². The van der Waals surface area contributed by atoms with Crippen LogP contribution in [0.5, 0.6) is 5.75 Å². The average molecular weight is 161 g/mol. The Morgan fingerprint density at radius 2 is 2.08 bits per heavy atom. The predicted molar refractivity (Wildman–Crippen MR) is 49.6 cm³/mol. The number of rotatable bonds is 1. The van der Waals surface area contributed by atoms with E-state index in [-0.39, 0.29) is 0 Å². The first-order valence-corrected chi connectivity index (χ1v) is 3.92. The molecule has 0 atom stereocenters. The molecule has 0 unspecified atom stereocenters. The first-order chi connectivity index (χ1) is 5.81. The molecule has 0 aliphatic heterocycles. The number of methoxy groups -OCH3 is 1. The minimum Gasteiger partial charge on any atom is -0.497 e. The van der Waals surface area contributed by atoms with E-state index in [1.807, 2.05) is 24.5 Å². The lowest BCUT2D eigenvalue weighted by Gasteiger charge is -2.01. The van der Waals surface area contributed by atoms with Crippen LogP contribution in [-0.4, -0.2) is 12.1 Å². The van der Waals surface area contributed by atoms with E-state index in [0.29, 0.717) is 0 Å². The highest BCUT2D eigenvalue weighted by molar-refractivity contribution is 5.86. The van der Waals surface area contributed by atoms with E-state index < -0.39 is 0 Å². The molecule has 2 aromatic rings. The predicted octanol–water partition coefficient (Wildman–Crippen LogP) is 2.48. The molecular weight excluding hydrogens is 150 g/mol. The lowest BCUT2D eigenvalue weighted by molar-refractivity contribution is 0.415. The van der Waals surface area contributed by atoms with Crippen molar-refractivity contribution in [1.29, 1.82) is 0 Å². The van der Waals surface area contributed by atoms with Crippen LogP contribution in [-0.2, 0) is 0 Å². The van der Waals surface area contributed by atoms with Gasteiger partial charge in [0.25, 0.3) is 0 Å². The van der Waals surface area contributed by atoms with Crippen LogP contribution in [0.3, 0.4) is 0 Å². The third-order valence-corrected chi connectivity index (χ3v) is 2.09. The van der Waals surface area contributed by atoms with Crippen LogP contribution in [0, 0.1) is 6.92 Å². The Balaban J connectivity index is 2.75. The van der Waals surface area contributed by atoms with Gasteiger partial charge in [0.1, 0.15) is 5.75 Å². The number of aryl methyl sites for hydroxylation is 1. The summed E-state index contributed by atoms with van der Waals surface area (Å²) in [6, 6.07) is 4.06. The van der Waals surface area contributed by atoms with Gasteiger partial charge >= 0.3 is 0 Å². The first kappa shape index (κ1) is 7.22. The molecule has 0 aliphatic rings. The number of ether oxygens (including phenoxy) is 1. The molecule has 0 radical (unpaired) electrons.